The van der Waals surface area contributed by atoms with Crippen LogP contribution in [0, 0.1) is 12.3 Å². The third-order valence-corrected chi connectivity index (χ3v) is 4.41. The minimum atomic E-state index is 0. The zero-order chi connectivity index (χ0) is 14.4. The van der Waals surface area contributed by atoms with Gasteiger partial charge in [0.05, 0.1) is 0 Å². The molecule has 0 atom stereocenters. The van der Waals surface area contributed by atoms with Crippen LogP contribution in [0.25, 0.3) is 0 Å². The van der Waals surface area contributed by atoms with E-state index in [1.165, 1.54) is 11.1 Å². The van der Waals surface area contributed by atoms with E-state index in [2.05, 4.69) is 36.6 Å². The van der Waals surface area contributed by atoms with Crippen molar-refractivity contribution in [3.8, 4) is 0 Å². The number of amides is 1. The van der Waals surface area contributed by atoms with Gasteiger partial charge in [0.2, 0.25) is 5.91 Å². The van der Waals surface area contributed by atoms with Gasteiger partial charge in [-0.3, -0.25) is 4.79 Å². The van der Waals surface area contributed by atoms with E-state index in [0.29, 0.717) is 6.42 Å². The summed E-state index contributed by atoms with van der Waals surface area (Å²) < 4.78 is 0. The van der Waals surface area contributed by atoms with Crippen molar-refractivity contribution in [1.82, 2.24) is 10.6 Å². The highest BCUT2D eigenvalue weighted by Crippen LogP contribution is 2.26. The van der Waals surface area contributed by atoms with Crippen molar-refractivity contribution in [1.29, 1.82) is 0 Å². The molecule has 118 valence electrons. The first kappa shape index (κ1) is 18.0. The number of carbonyl (C=O) groups is 1. The van der Waals surface area contributed by atoms with Crippen molar-refractivity contribution < 1.29 is 4.79 Å². The molecule has 2 N–H and O–H groups in total. The number of piperidine rings is 1. The van der Waals surface area contributed by atoms with Gasteiger partial charge in [0.1, 0.15) is 0 Å². The molecule has 4 heteroatoms. The van der Waals surface area contributed by atoms with Crippen LogP contribution < -0.4 is 10.6 Å². The van der Waals surface area contributed by atoms with Crippen molar-refractivity contribution in [2.24, 2.45) is 5.41 Å². The molecule has 1 amide bonds. The molecular formula is C17H27ClN2O. The topological polar surface area (TPSA) is 41.1 Å². The highest BCUT2D eigenvalue weighted by Gasteiger charge is 2.26. The Bertz CT molecular complexity index is 456. The van der Waals surface area contributed by atoms with Gasteiger partial charge in [-0.05, 0) is 55.8 Å². The van der Waals surface area contributed by atoms with Crippen molar-refractivity contribution in [2.75, 3.05) is 19.6 Å². The normalized spacial score (nSPS) is 16.9. The predicted molar refractivity (Wildman–Crippen MR) is 90.0 cm³/mol. The zero-order valence-electron chi connectivity index (χ0n) is 13.1. The summed E-state index contributed by atoms with van der Waals surface area (Å²) in [6, 6.07) is 8.28. The van der Waals surface area contributed by atoms with Crippen LogP contribution in [0.4, 0.5) is 0 Å². The van der Waals surface area contributed by atoms with E-state index in [0.717, 1.165) is 38.9 Å². The number of nitrogens with one attached hydrogen (secondary N) is 2. The van der Waals surface area contributed by atoms with Crippen LogP contribution in [-0.4, -0.2) is 25.5 Å². The van der Waals surface area contributed by atoms with Crippen LogP contribution >= 0.6 is 12.4 Å². The molecule has 3 nitrogen and oxygen atoms in total. The summed E-state index contributed by atoms with van der Waals surface area (Å²) in [6.45, 7) is 7.31. The molecule has 2 rings (SSSR count). The van der Waals surface area contributed by atoms with Crippen molar-refractivity contribution in [2.45, 2.75) is 39.5 Å². The molecule has 0 spiro atoms. The number of halogens is 1. The third-order valence-electron chi connectivity index (χ3n) is 4.41. The van der Waals surface area contributed by atoms with Crippen LogP contribution in [-0.2, 0) is 11.2 Å². The molecule has 1 heterocycles. The highest BCUT2D eigenvalue weighted by molar-refractivity contribution is 5.85. The molecule has 1 aliphatic heterocycles. The molecule has 0 bridgehead atoms. The molecule has 21 heavy (non-hydrogen) atoms. The number of hydrogen-bond donors (Lipinski definition) is 2. The number of hydrogen-bond acceptors (Lipinski definition) is 2. The second kappa shape index (κ2) is 8.40. The lowest BCUT2D eigenvalue weighted by Gasteiger charge is -2.34. The Kier molecular flexibility index (Phi) is 7.20. The van der Waals surface area contributed by atoms with Crippen LogP contribution in [0.5, 0.6) is 0 Å². The van der Waals surface area contributed by atoms with Crippen molar-refractivity contribution >= 4 is 18.3 Å². The smallest absolute Gasteiger partial charge is 0.220 e. The molecule has 0 radical (unpaired) electrons. The van der Waals surface area contributed by atoms with Gasteiger partial charge in [-0.2, -0.15) is 0 Å². The summed E-state index contributed by atoms with van der Waals surface area (Å²) >= 11 is 0. The monoisotopic (exact) mass is 310 g/mol. The summed E-state index contributed by atoms with van der Waals surface area (Å²) in [7, 11) is 0. The molecule has 0 saturated carbocycles. The van der Waals surface area contributed by atoms with Gasteiger partial charge in [-0.15, -0.1) is 12.4 Å². The fourth-order valence-electron chi connectivity index (χ4n) is 2.75. The van der Waals surface area contributed by atoms with Crippen molar-refractivity contribution in [3.63, 3.8) is 0 Å². The van der Waals surface area contributed by atoms with Gasteiger partial charge in [0, 0.05) is 13.0 Å². The molecule has 1 aliphatic rings. The second-order valence-electron chi connectivity index (χ2n) is 6.26. The Labute approximate surface area is 134 Å². The first-order chi connectivity index (χ1) is 9.59. The standard InChI is InChI=1S/C17H26N2O.ClH/c1-14-5-3-4-6-15(14)7-8-16(20)19-13-17(2)9-11-18-12-10-17;/h3-6,18H,7-13H2,1-2H3,(H,19,20);1H. The molecule has 1 saturated heterocycles. The van der Waals surface area contributed by atoms with Crippen LogP contribution in [0.2, 0.25) is 0 Å². The van der Waals surface area contributed by atoms with Gasteiger partial charge in [-0.1, -0.05) is 31.2 Å². The largest absolute Gasteiger partial charge is 0.356 e. The van der Waals surface area contributed by atoms with E-state index in [-0.39, 0.29) is 23.7 Å². The summed E-state index contributed by atoms with van der Waals surface area (Å²) in [4.78, 5) is 12.0. The van der Waals surface area contributed by atoms with Gasteiger partial charge in [-0.25, -0.2) is 0 Å². The Morgan fingerprint density at radius 1 is 1.29 bits per heavy atom. The van der Waals surface area contributed by atoms with Crippen molar-refractivity contribution in [3.05, 3.63) is 35.4 Å². The number of aryl methyl sites for hydroxylation is 2. The fourth-order valence-corrected chi connectivity index (χ4v) is 2.75. The molecule has 0 aromatic heterocycles. The lowest BCUT2D eigenvalue weighted by Crippen LogP contribution is -2.42. The minimum Gasteiger partial charge on any atom is -0.356 e. The Balaban J connectivity index is 0.00000220. The van der Waals surface area contributed by atoms with Crippen LogP contribution in [0.15, 0.2) is 24.3 Å². The predicted octanol–water partition coefficient (Wildman–Crippen LogP) is 2.86. The second-order valence-corrected chi connectivity index (χ2v) is 6.26. The molecular weight excluding hydrogens is 284 g/mol. The maximum atomic E-state index is 12.0. The van der Waals surface area contributed by atoms with E-state index in [1.54, 1.807) is 0 Å². The summed E-state index contributed by atoms with van der Waals surface area (Å²) in [6.07, 6.45) is 3.70. The molecule has 1 aromatic carbocycles. The van der Waals surface area contributed by atoms with E-state index in [4.69, 9.17) is 0 Å². The fraction of sp³-hybridized carbons (Fsp3) is 0.588. The SMILES string of the molecule is Cc1ccccc1CCC(=O)NCC1(C)CCNCC1.Cl. The van der Waals surface area contributed by atoms with E-state index < -0.39 is 0 Å². The Hall–Kier alpha value is -1.06. The van der Waals surface area contributed by atoms with Crippen LogP contribution in [0.3, 0.4) is 0 Å². The van der Waals surface area contributed by atoms with Gasteiger partial charge in [0.25, 0.3) is 0 Å². The Morgan fingerprint density at radius 2 is 1.95 bits per heavy atom. The molecule has 0 unspecified atom stereocenters. The maximum absolute atomic E-state index is 12.0. The summed E-state index contributed by atoms with van der Waals surface area (Å²) in [5.74, 6) is 0.174. The lowest BCUT2D eigenvalue weighted by molar-refractivity contribution is -0.121. The third kappa shape index (κ3) is 5.68. The molecule has 0 aliphatic carbocycles. The van der Waals surface area contributed by atoms with Gasteiger partial charge >= 0.3 is 0 Å². The van der Waals surface area contributed by atoms with Gasteiger partial charge in [0.15, 0.2) is 0 Å². The summed E-state index contributed by atoms with van der Waals surface area (Å²) in [5.41, 5.74) is 2.81. The minimum absolute atomic E-state index is 0. The number of carbonyl (C=O) groups excluding carboxylic acids is 1. The van der Waals surface area contributed by atoms with E-state index in [9.17, 15) is 4.79 Å². The number of benzene rings is 1. The molecule has 1 aromatic rings. The van der Waals surface area contributed by atoms with E-state index in [1.807, 2.05) is 12.1 Å². The summed E-state index contributed by atoms with van der Waals surface area (Å²) in [5, 5.41) is 6.48. The first-order valence-electron chi connectivity index (χ1n) is 7.61. The Morgan fingerprint density at radius 3 is 2.62 bits per heavy atom. The lowest BCUT2D eigenvalue weighted by atomic mass is 9.81. The molecule has 1 fully saturated rings. The van der Waals surface area contributed by atoms with E-state index >= 15 is 0 Å². The first-order valence-corrected chi connectivity index (χ1v) is 7.61. The van der Waals surface area contributed by atoms with Gasteiger partial charge < -0.3 is 10.6 Å². The quantitative estimate of drug-likeness (QED) is 0.878. The number of rotatable bonds is 5. The zero-order valence-corrected chi connectivity index (χ0v) is 13.9. The average molecular weight is 311 g/mol. The average Bonchev–Trinajstić information content (AvgIpc) is 2.45. The van der Waals surface area contributed by atoms with Crippen LogP contribution in [0.1, 0.15) is 37.3 Å². The maximum Gasteiger partial charge on any atom is 0.220 e. The highest BCUT2D eigenvalue weighted by atomic mass is 35.5.